The van der Waals surface area contributed by atoms with Crippen LogP contribution in [0.5, 0.6) is 0 Å². The summed E-state index contributed by atoms with van der Waals surface area (Å²) >= 11 is 0. The van der Waals surface area contributed by atoms with Crippen molar-refractivity contribution < 1.29 is 14.3 Å². The zero-order chi connectivity index (χ0) is 19.7. The predicted molar refractivity (Wildman–Crippen MR) is 101 cm³/mol. The van der Waals surface area contributed by atoms with Crippen LogP contribution in [0.25, 0.3) is 0 Å². The third kappa shape index (κ3) is 7.07. The Morgan fingerprint density at radius 1 is 1.19 bits per heavy atom. The standard InChI is InChI=1S/C20H33N3O3/c1-6-26-20(25)17-7-9-23(10-8-17)19(24)18(11-21)14-22(12-15(2)3)13-16(4)5/h14-17H,6-10,12-13H2,1-5H3/b18-14-. The Hall–Kier alpha value is -2.03. The molecular weight excluding hydrogens is 330 g/mol. The van der Waals surface area contributed by atoms with Crippen LogP contribution in [0.4, 0.5) is 0 Å². The number of nitriles is 1. The molecule has 0 bridgehead atoms. The van der Waals surface area contributed by atoms with E-state index in [1.165, 1.54) is 0 Å². The van der Waals surface area contributed by atoms with Gasteiger partial charge in [-0.15, -0.1) is 0 Å². The topological polar surface area (TPSA) is 73.6 Å². The Morgan fingerprint density at radius 2 is 1.73 bits per heavy atom. The van der Waals surface area contributed by atoms with Crippen LogP contribution in [0.3, 0.4) is 0 Å². The molecule has 1 saturated heterocycles. The van der Waals surface area contributed by atoms with Crippen molar-refractivity contribution in [2.75, 3.05) is 32.8 Å². The number of ether oxygens (including phenoxy) is 1. The molecule has 0 aromatic heterocycles. The third-order valence-electron chi connectivity index (χ3n) is 4.26. The van der Waals surface area contributed by atoms with Crippen molar-refractivity contribution in [3.63, 3.8) is 0 Å². The molecule has 0 aliphatic carbocycles. The minimum absolute atomic E-state index is 0.146. The summed E-state index contributed by atoms with van der Waals surface area (Å²) in [6.07, 6.45) is 2.88. The molecule has 1 aliphatic heterocycles. The molecular formula is C20H33N3O3. The van der Waals surface area contributed by atoms with E-state index in [-0.39, 0.29) is 23.4 Å². The number of hydrogen-bond acceptors (Lipinski definition) is 5. The molecule has 1 rings (SSSR count). The maximum absolute atomic E-state index is 12.7. The van der Waals surface area contributed by atoms with E-state index in [2.05, 4.69) is 38.7 Å². The van der Waals surface area contributed by atoms with Gasteiger partial charge in [0.05, 0.1) is 12.5 Å². The zero-order valence-electron chi connectivity index (χ0n) is 16.8. The lowest BCUT2D eigenvalue weighted by molar-refractivity contribution is -0.150. The average molecular weight is 364 g/mol. The molecule has 1 fully saturated rings. The van der Waals surface area contributed by atoms with Crippen LogP contribution in [0.15, 0.2) is 11.8 Å². The molecule has 1 heterocycles. The molecule has 1 aliphatic rings. The van der Waals surface area contributed by atoms with Crippen LogP contribution in [0, 0.1) is 29.1 Å². The lowest BCUT2D eigenvalue weighted by Crippen LogP contribution is -2.41. The summed E-state index contributed by atoms with van der Waals surface area (Å²) in [6.45, 7) is 13.2. The van der Waals surface area contributed by atoms with E-state index in [1.807, 2.05) is 0 Å². The predicted octanol–water partition coefficient (Wildman–Crippen LogP) is 2.81. The molecule has 0 spiro atoms. The quantitative estimate of drug-likeness (QED) is 0.377. The summed E-state index contributed by atoms with van der Waals surface area (Å²) in [7, 11) is 0. The average Bonchev–Trinajstić information content (AvgIpc) is 2.58. The molecule has 1 amide bonds. The SMILES string of the molecule is CCOC(=O)C1CCN(C(=O)/C(C#N)=C\N(CC(C)C)CC(C)C)CC1. The molecule has 0 saturated carbocycles. The Balaban J connectivity index is 2.76. The molecule has 6 heteroatoms. The molecule has 0 radical (unpaired) electrons. The lowest BCUT2D eigenvalue weighted by Gasteiger charge is -2.31. The Bertz CT molecular complexity index is 531. The fourth-order valence-electron chi connectivity index (χ4n) is 3.18. The first-order valence-corrected chi connectivity index (χ1v) is 9.60. The molecule has 0 unspecified atom stereocenters. The summed E-state index contributed by atoms with van der Waals surface area (Å²) in [5.41, 5.74) is 0.167. The summed E-state index contributed by atoms with van der Waals surface area (Å²) < 4.78 is 5.06. The summed E-state index contributed by atoms with van der Waals surface area (Å²) in [5.74, 6) is 0.315. The van der Waals surface area contributed by atoms with Crippen molar-refractivity contribution in [3.05, 3.63) is 11.8 Å². The summed E-state index contributed by atoms with van der Waals surface area (Å²) in [4.78, 5) is 28.3. The van der Waals surface area contributed by atoms with Gasteiger partial charge in [-0.3, -0.25) is 9.59 Å². The molecule has 146 valence electrons. The highest BCUT2D eigenvalue weighted by Gasteiger charge is 2.29. The van der Waals surface area contributed by atoms with Crippen LogP contribution in [-0.4, -0.2) is 54.5 Å². The van der Waals surface area contributed by atoms with E-state index >= 15 is 0 Å². The fourth-order valence-corrected chi connectivity index (χ4v) is 3.18. The van der Waals surface area contributed by atoms with Crippen molar-refractivity contribution in [2.45, 2.75) is 47.5 Å². The maximum atomic E-state index is 12.7. The van der Waals surface area contributed by atoms with E-state index in [1.54, 1.807) is 18.0 Å². The third-order valence-corrected chi connectivity index (χ3v) is 4.26. The van der Waals surface area contributed by atoms with Crippen LogP contribution >= 0.6 is 0 Å². The zero-order valence-corrected chi connectivity index (χ0v) is 16.8. The van der Waals surface area contributed by atoms with Gasteiger partial charge >= 0.3 is 5.97 Å². The smallest absolute Gasteiger partial charge is 0.309 e. The second-order valence-corrected chi connectivity index (χ2v) is 7.71. The second kappa shape index (κ2) is 10.8. The first-order chi connectivity index (χ1) is 12.3. The van der Waals surface area contributed by atoms with Gasteiger partial charge in [-0.25, -0.2) is 0 Å². The molecule has 26 heavy (non-hydrogen) atoms. The largest absolute Gasteiger partial charge is 0.466 e. The van der Waals surface area contributed by atoms with Crippen LogP contribution < -0.4 is 0 Å². The first-order valence-electron chi connectivity index (χ1n) is 9.60. The van der Waals surface area contributed by atoms with Crippen LogP contribution in [0.2, 0.25) is 0 Å². The van der Waals surface area contributed by atoms with Gasteiger partial charge in [0, 0.05) is 32.4 Å². The van der Waals surface area contributed by atoms with Gasteiger partial charge in [0.15, 0.2) is 0 Å². The number of carbonyl (C=O) groups excluding carboxylic acids is 2. The van der Waals surface area contributed by atoms with Crippen molar-refractivity contribution in [1.29, 1.82) is 5.26 Å². The highest BCUT2D eigenvalue weighted by Crippen LogP contribution is 2.20. The van der Waals surface area contributed by atoms with Gasteiger partial charge in [-0.1, -0.05) is 27.7 Å². The molecule has 0 atom stereocenters. The number of rotatable bonds is 8. The van der Waals surface area contributed by atoms with E-state index < -0.39 is 0 Å². The maximum Gasteiger partial charge on any atom is 0.309 e. The van der Waals surface area contributed by atoms with Gasteiger partial charge in [0.2, 0.25) is 0 Å². The number of carbonyl (C=O) groups is 2. The molecule has 6 nitrogen and oxygen atoms in total. The van der Waals surface area contributed by atoms with Crippen molar-refractivity contribution in [3.8, 4) is 6.07 Å². The van der Waals surface area contributed by atoms with E-state index in [4.69, 9.17) is 4.74 Å². The monoisotopic (exact) mass is 363 g/mol. The molecule has 0 N–H and O–H groups in total. The number of nitrogens with zero attached hydrogens (tertiary/aromatic N) is 3. The number of likely N-dealkylation sites (tertiary alicyclic amines) is 1. The Labute approximate surface area is 157 Å². The number of piperidine rings is 1. The lowest BCUT2D eigenvalue weighted by atomic mass is 9.96. The number of hydrogen-bond donors (Lipinski definition) is 0. The van der Waals surface area contributed by atoms with Crippen molar-refractivity contribution >= 4 is 11.9 Å². The van der Waals surface area contributed by atoms with Gasteiger partial charge in [-0.2, -0.15) is 5.26 Å². The molecule has 0 aromatic carbocycles. The van der Waals surface area contributed by atoms with Crippen molar-refractivity contribution in [2.24, 2.45) is 17.8 Å². The second-order valence-electron chi connectivity index (χ2n) is 7.71. The normalized spacial score (nSPS) is 15.9. The highest BCUT2D eigenvalue weighted by molar-refractivity contribution is 5.97. The fraction of sp³-hybridized carbons (Fsp3) is 0.750. The van der Waals surface area contributed by atoms with E-state index in [0.717, 1.165) is 13.1 Å². The Morgan fingerprint density at radius 3 is 2.15 bits per heavy atom. The minimum atomic E-state index is -0.243. The van der Waals surface area contributed by atoms with E-state index in [0.29, 0.717) is 44.4 Å². The number of amides is 1. The van der Waals surface area contributed by atoms with Crippen LogP contribution in [-0.2, 0) is 14.3 Å². The van der Waals surface area contributed by atoms with Crippen LogP contribution in [0.1, 0.15) is 47.5 Å². The Kier molecular flexibility index (Phi) is 9.18. The van der Waals surface area contributed by atoms with Gasteiger partial charge in [0.25, 0.3) is 5.91 Å². The van der Waals surface area contributed by atoms with Gasteiger partial charge in [0.1, 0.15) is 11.6 Å². The molecule has 0 aromatic rings. The highest BCUT2D eigenvalue weighted by atomic mass is 16.5. The minimum Gasteiger partial charge on any atom is -0.466 e. The van der Waals surface area contributed by atoms with Gasteiger partial charge in [-0.05, 0) is 31.6 Å². The summed E-state index contributed by atoms with van der Waals surface area (Å²) in [5, 5.41) is 9.49. The summed E-state index contributed by atoms with van der Waals surface area (Å²) in [6, 6.07) is 2.07. The first kappa shape index (κ1) is 22.0. The van der Waals surface area contributed by atoms with E-state index in [9.17, 15) is 14.9 Å². The van der Waals surface area contributed by atoms with Gasteiger partial charge < -0.3 is 14.5 Å². The number of esters is 1. The van der Waals surface area contributed by atoms with Crippen molar-refractivity contribution in [1.82, 2.24) is 9.80 Å².